The van der Waals surface area contributed by atoms with E-state index >= 15 is 0 Å². The highest BCUT2D eigenvalue weighted by molar-refractivity contribution is 9.10. The number of halogens is 2. The van der Waals surface area contributed by atoms with Crippen LogP contribution in [0.5, 0.6) is 0 Å². The molecule has 1 aromatic rings. The molecule has 1 rings (SSSR count). The van der Waals surface area contributed by atoms with Gasteiger partial charge in [-0.25, -0.2) is 4.39 Å². The number of unbranched alkanes of at least 4 members (excludes halogenated alkanes) is 5. The molecule has 0 saturated carbocycles. The summed E-state index contributed by atoms with van der Waals surface area (Å²) in [5, 5.41) is 0. The normalized spacial score (nSPS) is 13.8. The van der Waals surface area contributed by atoms with Crippen molar-refractivity contribution < 1.29 is 9.13 Å². The zero-order valence-corrected chi connectivity index (χ0v) is 19.2. The van der Waals surface area contributed by atoms with E-state index in [1.807, 2.05) is 6.07 Å². The predicted molar refractivity (Wildman–Crippen MR) is 114 cm³/mol. The van der Waals surface area contributed by atoms with Crippen molar-refractivity contribution in [2.45, 2.75) is 99.2 Å². The lowest BCUT2D eigenvalue weighted by Gasteiger charge is -2.45. The van der Waals surface area contributed by atoms with Gasteiger partial charge in [0.1, 0.15) is 5.82 Å². The number of hydrogen-bond donors (Lipinski definition) is 0. The Kier molecular flexibility index (Phi) is 9.82. The van der Waals surface area contributed by atoms with Crippen LogP contribution in [0.4, 0.5) is 4.39 Å². The van der Waals surface area contributed by atoms with Gasteiger partial charge in [0, 0.05) is 0 Å². The van der Waals surface area contributed by atoms with E-state index in [-0.39, 0.29) is 22.8 Å². The maximum Gasteiger partial charge on any atom is 0.137 e. The largest absolute Gasteiger partial charge is 0.373 e. The molecule has 26 heavy (non-hydrogen) atoms. The van der Waals surface area contributed by atoms with Crippen molar-refractivity contribution in [2.75, 3.05) is 0 Å². The zero-order chi connectivity index (χ0) is 19.8. The Bertz CT molecular complexity index is 533. The minimum Gasteiger partial charge on any atom is -0.373 e. The second-order valence-electron chi connectivity index (χ2n) is 9.08. The lowest BCUT2D eigenvalue weighted by Crippen LogP contribution is -2.42. The maximum atomic E-state index is 13.8. The summed E-state index contributed by atoms with van der Waals surface area (Å²) in [4.78, 5) is 0. The molecule has 0 spiro atoms. The molecule has 0 radical (unpaired) electrons. The monoisotopic (exact) mass is 428 g/mol. The molecule has 1 aromatic carbocycles. The van der Waals surface area contributed by atoms with Gasteiger partial charge >= 0.3 is 0 Å². The van der Waals surface area contributed by atoms with Crippen molar-refractivity contribution >= 4 is 15.9 Å². The van der Waals surface area contributed by atoms with E-state index in [0.717, 1.165) is 12.0 Å². The van der Waals surface area contributed by atoms with Crippen molar-refractivity contribution in [3.05, 3.63) is 34.1 Å². The highest BCUT2D eigenvalue weighted by atomic mass is 79.9. The Balaban J connectivity index is 2.69. The Morgan fingerprint density at radius 1 is 1.00 bits per heavy atom. The van der Waals surface area contributed by atoms with Crippen molar-refractivity contribution in [2.24, 2.45) is 10.8 Å². The van der Waals surface area contributed by atoms with Crippen LogP contribution in [-0.2, 0) is 11.3 Å². The van der Waals surface area contributed by atoms with Gasteiger partial charge in [0.25, 0.3) is 0 Å². The quantitative estimate of drug-likeness (QED) is 0.322. The average Bonchev–Trinajstić information content (AvgIpc) is 2.55. The van der Waals surface area contributed by atoms with E-state index in [9.17, 15) is 4.39 Å². The third-order valence-corrected chi connectivity index (χ3v) is 6.64. The van der Waals surface area contributed by atoms with Crippen LogP contribution in [0.3, 0.4) is 0 Å². The Hall–Kier alpha value is -0.410. The Morgan fingerprint density at radius 3 is 2.19 bits per heavy atom. The summed E-state index contributed by atoms with van der Waals surface area (Å²) in [6, 6.07) is 5.25. The first-order chi connectivity index (χ1) is 12.1. The fourth-order valence-corrected chi connectivity index (χ4v) is 3.32. The second-order valence-corrected chi connectivity index (χ2v) is 9.93. The van der Waals surface area contributed by atoms with Gasteiger partial charge in [0.2, 0.25) is 0 Å². The molecule has 1 atom stereocenters. The van der Waals surface area contributed by atoms with Gasteiger partial charge in [-0.3, -0.25) is 0 Å². The summed E-state index contributed by atoms with van der Waals surface area (Å²) >= 11 is 3.21. The van der Waals surface area contributed by atoms with Crippen LogP contribution < -0.4 is 0 Å². The predicted octanol–water partition coefficient (Wildman–Crippen LogP) is 8.30. The van der Waals surface area contributed by atoms with Crippen LogP contribution in [0.1, 0.15) is 92.1 Å². The minimum absolute atomic E-state index is 0.0460. The van der Waals surface area contributed by atoms with Gasteiger partial charge in [0.15, 0.2) is 0 Å². The summed E-state index contributed by atoms with van der Waals surface area (Å²) in [7, 11) is 0. The molecule has 150 valence electrons. The summed E-state index contributed by atoms with van der Waals surface area (Å²) in [5.41, 5.74) is 1.08. The van der Waals surface area contributed by atoms with Crippen LogP contribution in [0.2, 0.25) is 0 Å². The van der Waals surface area contributed by atoms with E-state index in [1.54, 1.807) is 12.1 Å². The molecule has 1 nitrogen and oxygen atoms in total. The van der Waals surface area contributed by atoms with E-state index < -0.39 is 0 Å². The molecule has 0 aromatic heterocycles. The van der Waals surface area contributed by atoms with E-state index in [4.69, 9.17) is 4.74 Å². The summed E-state index contributed by atoms with van der Waals surface area (Å²) in [6.07, 6.45) is 8.97. The number of hydrogen-bond acceptors (Lipinski definition) is 1. The van der Waals surface area contributed by atoms with Crippen LogP contribution >= 0.6 is 15.9 Å². The van der Waals surface area contributed by atoms with Crippen molar-refractivity contribution in [3.63, 3.8) is 0 Å². The molecule has 0 N–H and O–H groups in total. The summed E-state index contributed by atoms with van der Waals surface area (Å²) in [5.74, 6) is -0.228. The molecule has 1 unspecified atom stereocenters. The second kappa shape index (κ2) is 10.8. The van der Waals surface area contributed by atoms with Gasteiger partial charge < -0.3 is 4.74 Å². The molecular formula is C23H38BrFO. The van der Waals surface area contributed by atoms with Crippen LogP contribution in [0.15, 0.2) is 22.7 Å². The van der Waals surface area contributed by atoms with Gasteiger partial charge in [-0.05, 0) is 50.9 Å². The van der Waals surface area contributed by atoms with Crippen molar-refractivity contribution in [1.29, 1.82) is 0 Å². The lowest BCUT2D eigenvalue weighted by atomic mass is 9.65. The zero-order valence-electron chi connectivity index (χ0n) is 17.6. The molecule has 0 aliphatic carbocycles. The molecule has 0 aliphatic rings. The standard InChI is InChI=1S/C23H38BrFO/c1-7-8-9-10-11-12-13-21(23(5,6)22(2,3)4)26-17-18-14-15-19(24)20(25)16-18/h14-16,21H,7-13,17H2,1-6H3. The van der Waals surface area contributed by atoms with E-state index in [1.165, 1.54) is 38.5 Å². The molecule has 3 heteroatoms. The van der Waals surface area contributed by atoms with Gasteiger partial charge in [-0.15, -0.1) is 0 Å². The third kappa shape index (κ3) is 7.31. The fraction of sp³-hybridized carbons (Fsp3) is 0.739. The first-order valence-corrected chi connectivity index (χ1v) is 10.9. The summed E-state index contributed by atoms with van der Waals surface area (Å²) in [6.45, 7) is 14.2. The van der Waals surface area contributed by atoms with Crippen LogP contribution in [-0.4, -0.2) is 6.10 Å². The molecule has 0 fully saturated rings. The summed E-state index contributed by atoms with van der Waals surface area (Å²) < 4.78 is 20.6. The van der Waals surface area contributed by atoms with Crippen LogP contribution in [0, 0.1) is 16.6 Å². The number of benzene rings is 1. The SMILES string of the molecule is CCCCCCCCC(OCc1ccc(Br)c(F)c1)C(C)(C)C(C)(C)C. The molecule has 0 amide bonds. The van der Waals surface area contributed by atoms with E-state index in [2.05, 4.69) is 57.5 Å². The molecule has 0 bridgehead atoms. The first kappa shape index (κ1) is 23.6. The number of ether oxygens (including phenoxy) is 1. The average molecular weight is 429 g/mol. The van der Waals surface area contributed by atoms with Crippen LogP contribution in [0.25, 0.3) is 0 Å². The maximum absolute atomic E-state index is 13.8. The highest BCUT2D eigenvalue weighted by Gasteiger charge is 2.40. The van der Waals surface area contributed by atoms with E-state index in [0.29, 0.717) is 11.1 Å². The van der Waals surface area contributed by atoms with Crippen molar-refractivity contribution in [1.82, 2.24) is 0 Å². The first-order valence-electron chi connectivity index (χ1n) is 10.1. The molecular weight excluding hydrogens is 391 g/mol. The van der Waals surface area contributed by atoms with Gasteiger partial charge in [-0.2, -0.15) is 0 Å². The Labute approximate surface area is 169 Å². The third-order valence-electron chi connectivity index (χ3n) is 5.99. The Morgan fingerprint density at radius 2 is 1.62 bits per heavy atom. The van der Waals surface area contributed by atoms with Gasteiger partial charge in [-0.1, -0.05) is 86.1 Å². The number of rotatable bonds is 11. The van der Waals surface area contributed by atoms with Crippen molar-refractivity contribution in [3.8, 4) is 0 Å². The molecule has 0 saturated heterocycles. The topological polar surface area (TPSA) is 9.23 Å². The highest BCUT2D eigenvalue weighted by Crippen LogP contribution is 2.44. The molecule has 0 heterocycles. The molecule has 0 aliphatic heterocycles. The minimum atomic E-state index is -0.228. The lowest BCUT2D eigenvalue weighted by molar-refractivity contribution is -0.0879. The fourth-order valence-electron chi connectivity index (χ4n) is 3.07. The van der Waals surface area contributed by atoms with Gasteiger partial charge in [0.05, 0.1) is 17.2 Å². The smallest absolute Gasteiger partial charge is 0.137 e.